The van der Waals surface area contributed by atoms with Crippen molar-refractivity contribution in [3.63, 3.8) is 0 Å². The number of carboxylic acids is 1. The number of carbonyl (C=O) groups excluding carboxylic acids is 1. The van der Waals surface area contributed by atoms with Crippen molar-refractivity contribution >= 4 is 39.9 Å². The average Bonchev–Trinajstić information content (AvgIpc) is 3.27. The van der Waals surface area contributed by atoms with E-state index >= 15 is 0 Å². The number of aromatic nitrogens is 3. The first kappa shape index (κ1) is 29.0. The molecule has 0 saturated carbocycles. The summed E-state index contributed by atoms with van der Waals surface area (Å²) < 4.78 is 37.5. The Bertz CT molecular complexity index is 1440. The average molecular weight is 581 g/mol. The van der Waals surface area contributed by atoms with Crippen LogP contribution in [0.5, 0.6) is 0 Å². The highest BCUT2D eigenvalue weighted by Gasteiger charge is 2.38. The van der Waals surface area contributed by atoms with Gasteiger partial charge in [-0.3, -0.25) is 4.79 Å². The van der Waals surface area contributed by atoms with Gasteiger partial charge in [-0.1, -0.05) is 23.5 Å². The van der Waals surface area contributed by atoms with Crippen LogP contribution in [0, 0.1) is 0 Å². The molecule has 40 heavy (non-hydrogen) atoms. The van der Waals surface area contributed by atoms with Gasteiger partial charge < -0.3 is 30.4 Å². The number of aromatic amines is 1. The Morgan fingerprint density at radius 3 is 2.73 bits per heavy atom. The number of ether oxygens (including phenoxy) is 1. The van der Waals surface area contributed by atoms with E-state index in [1.54, 1.807) is 12.3 Å². The topological polar surface area (TPSA) is 150 Å². The number of carbonyl (C=O) groups is 2. The Labute approximate surface area is 230 Å². The SMILES string of the molecule is CC1(C)Cc2nc(N3CCOCC3Cc3cccc(Nc4cc[nH]c(=O)n4)c3)sc2C(=O)N1.O=C(O)C(F)(F)F. The molecular weight excluding hydrogens is 553 g/mol. The highest BCUT2D eigenvalue weighted by Crippen LogP contribution is 2.34. The second-order valence-corrected chi connectivity index (χ2v) is 10.8. The van der Waals surface area contributed by atoms with E-state index in [2.05, 4.69) is 37.6 Å². The number of nitrogens with one attached hydrogen (secondary N) is 3. The number of thiazole rings is 1. The maximum atomic E-state index is 12.6. The van der Waals surface area contributed by atoms with Crippen molar-refractivity contribution < 1.29 is 32.6 Å². The maximum absolute atomic E-state index is 12.6. The van der Waals surface area contributed by atoms with E-state index in [0.29, 0.717) is 23.9 Å². The number of rotatable bonds is 5. The second-order valence-electron chi connectivity index (χ2n) is 9.82. The van der Waals surface area contributed by atoms with E-state index in [-0.39, 0.29) is 17.5 Å². The molecule has 0 radical (unpaired) electrons. The number of benzene rings is 1. The number of hydrogen-bond acceptors (Lipinski definition) is 9. The van der Waals surface area contributed by atoms with E-state index in [9.17, 15) is 22.8 Å². The first-order valence-electron chi connectivity index (χ1n) is 12.2. The van der Waals surface area contributed by atoms with Crippen LogP contribution in [-0.4, -0.2) is 69.5 Å². The molecule has 2 aliphatic rings. The molecule has 2 aromatic heterocycles. The molecule has 1 fully saturated rings. The molecule has 11 nitrogen and oxygen atoms in total. The highest BCUT2D eigenvalue weighted by molar-refractivity contribution is 7.17. The number of morpholine rings is 1. The minimum Gasteiger partial charge on any atom is -0.475 e. The molecule has 1 unspecified atom stereocenters. The monoisotopic (exact) mass is 580 g/mol. The molecule has 0 spiro atoms. The summed E-state index contributed by atoms with van der Waals surface area (Å²) in [6.45, 7) is 6.00. The lowest BCUT2D eigenvalue weighted by Crippen LogP contribution is -2.48. The van der Waals surface area contributed by atoms with Gasteiger partial charge in [0.05, 0.1) is 24.9 Å². The van der Waals surface area contributed by atoms with Gasteiger partial charge in [0.1, 0.15) is 10.7 Å². The lowest BCUT2D eigenvalue weighted by Gasteiger charge is -2.35. The van der Waals surface area contributed by atoms with Crippen LogP contribution in [0.4, 0.5) is 29.8 Å². The summed E-state index contributed by atoms with van der Waals surface area (Å²) >= 11 is 1.47. The Morgan fingerprint density at radius 2 is 2.02 bits per heavy atom. The highest BCUT2D eigenvalue weighted by atomic mass is 32.1. The Hall–Kier alpha value is -3.98. The molecular formula is C25H27F3N6O5S. The number of alkyl halides is 3. The molecule has 2 aliphatic heterocycles. The van der Waals surface area contributed by atoms with E-state index in [1.165, 1.54) is 11.3 Å². The minimum atomic E-state index is -5.08. The maximum Gasteiger partial charge on any atom is 0.490 e. The summed E-state index contributed by atoms with van der Waals surface area (Å²) in [5, 5.41) is 14.2. The Kier molecular flexibility index (Phi) is 8.44. The number of halogens is 3. The molecule has 214 valence electrons. The van der Waals surface area contributed by atoms with Crippen molar-refractivity contribution in [3.05, 3.63) is 63.1 Å². The zero-order valence-electron chi connectivity index (χ0n) is 21.5. The predicted octanol–water partition coefficient (Wildman–Crippen LogP) is 3.12. The van der Waals surface area contributed by atoms with Crippen LogP contribution in [0.2, 0.25) is 0 Å². The van der Waals surface area contributed by atoms with Crippen LogP contribution in [0.1, 0.15) is 34.8 Å². The zero-order chi connectivity index (χ0) is 29.1. The van der Waals surface area contributed by atoms with Gasteiger partial charge in [0.25, 0.3) is 5.91 Å². The van der Waals surface area contributed by atoms with Crippen molar-refractivity contribution in [2.75, 3.05) is 30.0 Å². The van der Waals surface area contributed by atoms with Crippen LogP contribution >= 0.6 is 11.3 Å². The molecule has 4 heterocycles. The van der Waals surface area contributed by atoms with E-state index in [1.807, 2.05) is 26.0 Å². The number of amides is 1. The van der Waals surface area contributed by atoms with Crippen LogP contribution in [0.25, 0.3) is 0 Å². The van der Waals surface area contributed by atoms with Gasteiger partial charge in [0.2, 0.25) is 0 Å². The first-order valence-corrected chi connectivity index (χ1v) is 13.0. The normalized spacial score (nSPS) is 18.2. The Balaban J connectivity index is 0.000000470. The lowest BCUT2D eigenvalue weighted by molar-refractivity contribution is -0.192. The molecule has 5 rings (SSSR count). The number of H-pyrrole nitrogens is 1. The largest absolute Gasteiger partial charge is 0.490 e. The number of anilines is 3. The number of fused-ring (bicyclic) bond motifs is 1. The van der Waals surface area contributed by atoms with Gasteiger partial charge in [-0.25, -0.2) is 14.6 Å². The molecule has 0 bridgehead atoms. The van der Waals surface area contributed by atoms with Crippen molar-refractivity contribution in [1.29, 1.82) is 0 Å². The fourth-order valence-corrected chi connectivity index (χ4v) is 5.37. The fraction of sp³-hybridized carbons (Fsp3) is 0.400. The van der Waals surface area contributed by atoms with E-state index < -0.39 is 17.8 Å². The molecule has 1 aromatic carbocycles. The number of aliphatic carboxylic acids is 1. The summed E-state index contributed by atoms with van der Waals surface area (Å²) in [7, 11) is 0. The molecule has 1 saturated heterocycles. The third-order valence-corrected chi connectivity index (χ3v) is 7.14. The van der Waals surface area contributed by atoms with E-state index in [4.69, 9.17) is 19.6 Å². The summed E-state index contributed by atoms with van der Waals surface area (Å²) in [6.07, 6.45) is -2.03. The van der Waals surface area contributed by atoms with Gasteiger partial charge >= 0.3 is 17.8 Å². The molecule has 1 amide bonds. The third kappa shape index (κ3) is 7.35. The Morgan fingerprint density at radius 1 is 1.27 bits per heavy atom. The summed E-state index contributed by atoms with van der Waals surface area (Å²) in [5.74, 6) is -2.30. The van der Waals surface area contributed by atoms with Crippen LogP contribution in [0.3, 0.4) is 0 Å². The molecule has 1 atom stereocenters. The van der Waals surface area contributed by atoms with Gasteiger partial charge in [-0.15, -0.1) is 0 Å². The van der Waals surface area contributed by atoms with Crippen LogP contribution in [-0.2, 0) is 22.4 Å². The lowest BCUT2D eigenvalue weighted by atomic mass is 9.94. The number of nitrogens with zero attached hydrogens (tertiary/aromatic N) is 3. The van der Waals surface area contributed by atoms with E-state index in [0.717, 1.165) is 41.5 Å². The molecule has 3 aromatic rings. The smallest absolute Gasteiger partial charge is 0.475 e. The number of carboxylic acid groups (broad SMARTS) is 1. The standard InChI is InChI=1S/C23H26N6O3S.C2HF3O2/c1-23(2)12-17-19(20(30)28-23)33-22(26-17)29-8-9-32-13-16(29)11-14-4-3-5-15(10-14)25-18-6-7-24-21(31)27-18;3-2(4,5)1(6)7/h3-7,10,16H,8-9,11-13H2,1-2H3,(H,28,30)(H2,24,25,27,31);(H,6,7). The summed E-state index contributed by atoms with van der Waals surface area (Å²) in [4.78, 5) is 47.2. The third-order valence-electron chi connectivity index (χ3n) is 6.01. The molecule has 4 N–H and O–H groups in total. The second kappa shape index (κ2) is 11.6. The number of hydrogen-bond donors (Lipinski definition) is 4. The quantitative estimate of drug-likeness (QED) is 0.357. The zero-order valence-corrected chi connectivity index (χ0v) is 22.4. The van der Waals surface area contributed by atoms with Gasteiger partial charge in [0.15, 0.2) is 5.13 Å². The van der Waals surface area contributed by atoms with Crippen LogP contribution < -0.4 is 21.2 Å². The molecule has 0 aliphatic carbocycles. The summed E-state index contributed by atoms with van der Waals surface area (Å²) in [6, 6.07) is 9.87. The minimum absolute atomic E-state index is 0.0399. The first-order chi connectivity index (χ1) is 18.8. The van der Waals surface area contributed by atoms with Crippen molar-refractivity contribution in [2.45, 2.75) is 44.4 Å². The summed E-state index contributed by atoms with van der Waals surface area (Å²) in [5.41, 5.74) is 2.19. The predicted molar refractivity (Wildman–Crippen MR) is 141 cm³/mol. The van der Waals surface area contributed by atoms with Gasteiger partial charge in [-0.2, -0.15) is 18.2 Å². The molecule has 15 heteroatoms. The van der Waals surface area contributed by atoms with Crippen molar-refractivity contribution in [2.24, 2.45) is 0 Å². The van der Waals surface area contributed by atoms with Crippen molar-refractivity contribution in [1.82, 2.24) is 20.3 Å². The van der Waals surface area contributed by atoms with Gasteiger partial charge in [-0.05, 0) is 44.0 Å². The van der Waals surface area contributed by atoms with Crippen molar-refractivity contribution in [3.8, 4) is 0 Å². The van der Waals surface area contributed by atoms with Crippen LogP contribution in [0.15, 0.2) is 41.3 Å². The fourth-order valence-electron chi connectivity index (χ4n) is 4.30. The van der Waals surface area contributed by atoms with Gasteiger partial charge in [0, 0.05) is 30.4 Å².